The van der Waals surface area contributed by atoms with Crippen molar-refractivity contribution in [2.75, 3.05) is 29.4 Å². The quantitative estimate of drug-likeness (QED) is 0.0941. The zero-order valence-corrected chi connectivity index (χ0v) is 57.1. The first-order chi connectivity index (χ1) is 52.1. The van der Waals surface area contributed by atoms with Crippen LogP contribution in [-0.4, -0.2) is 18.0 Å². The van der Waals surface area contributed by atoms with E-state index < -0.39 is 13.4 Å². The maximum Gasteiger partial charge on any atom is 0.277 e. The lowest BCUT2D eigenvalue weighted by Crippen LogP contribution is -2.64. The zero-order valence-electron chi connectivity index (χ0n) is 57.1. The van der Waals surface area contributed by atoms with Crippen LogP contribution < -0.4 is 71.9 Å². The van der Waals surface area contributed by atoms with E-state index in [1.54, 1.807) is 0 Å². The minimum absolute atomic E-state index is 0.434. The van der Waals surface area contributed by atoms with Gasteiger partial charge in [0.15, 0.2) is 11.5 Å². The molecule has 20 rings (SSSR count). The number of para-hydroxylation sites is 11. The highest BCUT2D eigenvalue weighted by Gasteiger charge is 2.53. The summed E-state index contributed by atoms with van der Waals surface area (Å²) in [6.07, 6.45) is 0. The van der Waals surface area contributed by atoms with Crippen molar-refractivity contribution in [1.29, 1.82) is 0 Å². The lowest BCUT2D eigenvalue weighted by Gasteiger charge is -2.41. The van der Waals surface area contributed by atoms with Crippen molar-refractivity contribution in [3.63, 3.8) is 0 Å². The number of rotatable bonds is 15. The zero-order chi connectivity index (χ0) is 69.3. The molecular formula is C94H65B2N7O2. The molecule has 105 heavy (non-hydrogen) atoms. The number of hydrogen-bond acceptors (Lipinski definition) is 8. The Morgan fingerprint density at radius 3 is 0.724 bits per heavy atom. The monoisotopic (exact) mass is 1350 g/mol. The second kappa shape index (κ2) is 25.6. The molecule has 4 aliphatic rings. The summed E-state index contributed by atoms with van der Waals surface area (Å²) < 4.78 is 18.8. The Morgan fingerprint density at radius 2 is 0.448 bits per heavy atom. The van der Waals surface area contributed by atoms with Gasteiger partial charge in [0.1, 0.15) is 11.5 Å². The average molecular weight is 1350 g/mol. The van der Waals surface area contributed by atoms with Crippen LogP contribution in [-0.2, 0) is 0 Å². The summed E-state index contributed by atoms with van der Waals surface area (Å²) in [4.78, 5) is 14.4. The van der Waals surface area contributed by atoms with Crippen LogP contribution in [0.4, 0.5) is 102 Å². The topological polar surface area (TPSA) is 42.8 Å². The van der Waals surface area contributed by atoms with Gasteiger partial charge in [-0.15, -0.1) is 0 Å². The van der Waals surface area contributed by atoms with Crippen molar-refractivity contribution in [1.82, 2.24) is 4.57 Å². The molecule has 1 aromatic heterocycles. The number of benzene rings is 15. The van der Waals surface area contributed by atoms with Gasteiger partial charge in [-0.1, -0.05) is 212 Å². The van der Waals surface area contributed by atoms with Crippen molar-refractivity contribution >= 4 is 149 Å². The number of hydrogen-bond donors (Lipinski definition) is 0. The summed E-state index contributed by atoms with van der Waals surface area (Å²) in [6.45, 7) is -0.868. The molecule has 0 saturated carbocycles. The molecule has 16 aromatic rings. The van der Waals surface area contributed by atoms with Crippen LogP contribution in [0.2, 0.25) is 0 Å². The van der Waals surface area contributed by atoms with E-state index >= 15 is 0 Å². The fraction of sp³-hybridized carbons (Fsp3) is 0. The van der Waals surface area contributed by atoms with E-state index in [2.05, 4.69) is 428 Å². The van der Waals surface area contributed by atoms with Crippen LogP contribution in [0.25, 0.3) is 5.69 Å². The molecule has 0 spiro atoms. The van der Waals surface area contributed by atoms with Crippen LogP contribution in [0.3, 0.4) is 0 Å². The number of anilines is 18. The average Bonchev–Trinajstić information content (AvgIpc) is 1.55. The third kappa shape index (κ3) is 10.3. The Hall–Kier alpha value is -13.9. The largest absolute Gasteiger partial charge is 0.453 e. The summed E-state index contributed by atoms with van der Waals surface area (Å²) in [6, 6.07) is 142. The normalized spacial score (nSPS) is 12.5. The molecule has 0 radical (unpaired) electrons. The van der Waals surface area contributed by atoms with Crippen molar-refractivity contribution < 1.29 is 9.47 Å². The van der Waals surface area contributed by atoms with Crippen molar-refractivity contribution in [3.05, 3.63) is 394 Å². The molecule has 0 N–H and O–H groups in total. The van der Waals surface area contributed by atoms with E-state index in [4.69, 9.17) is 9.47 Å². The van der Waals surface area contributed by atoms with Crippen molar-refractivity contribution in [2.45, 2.75) is 0 Å². The van der Waals surface area contributed by atoms with E-state index in [0.717, 1.165) is 153 Å². The standard InChI is InChI=1S/C94H65B2N7O2/c1-12-34-66(35-13-1)97(67-36-14-2-15-37-67)77-56-58-81-83(60-77)101(74-50-28-9-29-51-74)85-62-79(99(70-42-20-5-21-43-70)71-44-22-6-23-45-71)64-87-89(85)95(81)93-91(104-87)92-94(103(93)76-54-32-11-33-55-76)96-82-59-57-78(98(68-38-16-3-17-39-68)69-40-18-4-19-41-69)61-84(82)102(75-52-30-10-31-53-75)86-63-80(65-88(105-92)90(86)96)100(72-46-24-7-25-47-72)73-48-26-8-27-49-73/h1-65H. The van der Waals surface area contributed by atoms with E-state index in [-0.39, 0.29) is 0 Å². The molecule has 0 fully saturated rings. The highest BCUT2D eigenvalue weighted by Crippen LogP contribution is 2.53. The summed E-state index contributed by atoms with van der Waals surface area (Å²) in [7, 11) is 0. The summed E-state index contributed by atoms with van der Waals surface area (Å²) in [5.74, 6) is 2.76. The number of aromatic nitrogens is 1. The Bertz CT molecular complexity index is 5380. The molecule has 0 bridgehead atoms. The molecule has 0 aliphatic carbocycles. The summed E-state index contributed by atoms with van der Waals surface area (Å²) >= 11 is 0. The molecule has 15 aromatic carbocycles. The van der Waals surface area contributed by atoms with Crippen LogP contribution in [0.15, 0.2) is 394 Å². The first-order valence-electron chi connectivity index (χ1n) is 35.8. The third-order valence-corrected chi connectivity index (χ3v) is 20.7. The van der Waals surface area contributed by atoms with E-state index in [9.17, 15) is 0 Å². The number of nitrogens with zero attached hydrogens (tertiary/aromatic N) is 7. The first kappa shape index (κ1) is 61.0. The highest BCUT2D eigenvalue weighted by atomic mass is 16.5. The molecule has 0 unspecified atom stereocenters. The van der Waals surface area contributed by atoms with Crippen molar-refractivity contribution in [3.8, 4) is 28.7 Å². The minimum Gasteiger partial charge on any atom is -0.453 e. The van der Waals surface area contributed by atoms with Gasteiger partial charge in [0, 0.05) is 120 Å². The maximum atomic E-state index is 8.13. The second-order valence-electron chi connectivity index (χ2n) is 26.8. The lowest BCUT2D eigenvalue weighted by molar-refractivity contribution is 0.427. The van der Waals surface area contributed by atoms with Gasteiger partial charge in [-0.2, -0.15) is 0 Å². The van der Waals surface area contributed by atoms with Gasteiger partial charge in [0.25, 0.3) is 13.4 Å². The Labute approximate surface area is 611 Å². The maximum absolute atomic E-state index is 8.13. The molecule has 494 valence electrons. The van der Waals surface area contributed by atoms with Crippen LogP contribution >= 0.6 is 0 Å². The van der Waals surface area contributed by atoms with Gasteiger partial charge < -0.3 is 43.4 Å². The molecule has 5 heterocycles. The molecular weight excluding hydrogens is 1280 g/mol. The van der Waals surface area contributed by atoms with Gasteiger partial charge in [-0.3, -0.25) is 0 Å². The minimum atomic E-state index is -0.434. The molecule has 0 atom stereocenters. The van der Waals surface area contributed by atoms with Gasteiger partial charge in [0.2, 0.25) is 0 Å². The molecule has 9 nitrogen and oxygen atoms in total. The smallest absolute Gasteiger partial charge is 0.277 e. The van der Waals surface area contributed by atoms with Gasteiger partial charge in [0.05, 0.1) is 11.4 Å². The van der Waals surface area contributed by atoms with E-state index in [1.807, 2.05) is 0 Å². The molecule has 0 amide bonds. The lowest BCUT2D eigenvalue weighted by atomic mass is 9.35. The number of ether oxygens (including phenoxy) is 2. The van der Waals surface area contributed by atoms with E-state index in [0.29, 0.717) is 11.5 Å². The summed E-state index contributed by atoms with van der Waals surface area (Å²) in [5, 5.41) is 0. The van der Waals surface area contributed by atoms with Gasteiger partial charge >= 0.3 is 0 Å². The predicted octanol–water partition coefficient (Wildman–Crippen LogP) is 21.2. The second-order valence-corrected chi connectivity index (χ2v) is 26.8. The molecule has 0 saturated heterocycles. The number of fused-ring (bicyclic) bond motifs is 9. The fourth-order valence-corrected chi connectivity index (χ4v) is 16.4. The predicted molar refractivity (Wildman–Crippen MR) is 436 cm³/mol. The van der Waals surface area contributed by atoms with E-state index in [1.165, 1.54) is 0 Å². The highest BCUT2D eigenvalue weighted by molar-refractivity contribution is 7.02. The van der Waals surface area contributed by atoms with Gasteiger partial charge in [-0.05, 0) is 192 Å². The fourth-order valence-electron chi connectivity index (χ4n) is 16.4. The Balaban J connectivity index is 0.904. The van der Waals surface area contributed by atoms with Crippen LogP contribution in [0.5, 0.6) is 23.0 Å². The van der Waals surface area contributed by atoms with Crippen LogP contribution in [0, 0.1) is 0 Å². The molecule has 11 heteroatoms. The third-order valence-electron chi connectivity index (χ3n) is 20.7. The van der Waals surface area contributed by atoms with Gasteiger partial charge in [-0.25, -0.2) is 0 Å². The first-order valence-corrected chi connectivity index (χ1v) is 35.8. The summed E-state index contributed by atoms with van der Waals surface area (Å²) in [5.41, 5.74) is 25.4. The molecule has 4 aliphatic heterocycles. The van der Waals surface area contributed by atoms with Crippen molar-refractivity contribution in [2.24, 2.45) is 0 Å². The Kier molecular flexibility index (Phi) is 14.9. The van der Waals surface area contributed by atoms with Crippen LogP contribution in [0.1, 0.15) is 0 Å². The Morgan fingerprint density at radius 1 is 0.210 bits per heavy atom. The SMILES string of the molecule is c1ccc(N(c2ccccc2)c2ccc3c(c2)N(c2ccccc2)c2cc(N(c4ccccc4)c4ccccc4)cc4c2B3c2c(c3c(n2-c2ccccc2)B2c5ccc(N(c6ccccc6)c6ccccc6)cc5N(c5ccccc5)c5cc(N(c6ccccc6)c6ccccc6)cc(c52)O3)O4)cc1.